The monoisotopic (exact) mass is 179 g/mol. The van der Waals surface area contributed by atoms with Crippen molar-refractivity contribution in [3.63, 3.8) is 0 Å². The summed E-state index contributed by atoms with van der Waals surface area (Å²) in [6.45, 7) is 9.05. The highest BCUT2D eigenvalue weighted by atomic mass is 14.7. The lowest BCUT2D eigenvalue weighted by Crippen LogP contribution is -2.53. The highest BCUT2D eigenvalue weighted by Crippen LogP contribution is 2.60. The summed E-state index contributed by atoms with van der Waals surface area (Å²) in [5.41, 5.74) is 8.09. The normalized spacial score (nSPS) is 36.5. The number of hydrogen-bond acceptors (Lipinski definition) is 1. The van der Waals surface area contributed by atoms with Crippen LogP contribution in [0.5, 0.6) is 0 Å². The Bertz CT molecular complexity index is 255. The molecule has 0 aromatic carbocycles. The molecule has 0 heterocycles. The Kier molecular flexibility index (Phi) is 1.70. The van der Waals surface area contributed by atoms with Crippen LogP contribution in [-0.2, 0) is 0 Å². The molecule has 74 valence electrons. The van der Waals surface area contributed by atoms with Gasteiger partial charge in [0, 0.05) is 5.54 Å². The summed E-state index contributed by atoms with van der Waals surface area (Å²) in [6, 6.07) is 0. The van der Waals surface area contributed by atoms with Gasteiger partial charge in [-0.3, -0.25) is 0 Å². The maximum atomic E-state index is 6.18. The van der Waals surface area contributed by atoms with Crippen molar-refractivity contribution in [1.29, 1.82) is 0 Å². The van der Waals surface area contributed by atoms with Gasteiger partial charge >= 0.3 is 0 Å². The minimum absolute atomic E-state index is 0.104. The summed E-state index contributed by atoms with van der Waals surface area (Å²) >= 11 is 0. The predicted octanol–water partition coefficient (Wildman–Crippen LogP) is 2.72. The zero-order chi connectivity index (χ0) is 9.85. The Morgan fingerprint density at radius 1 is 1.46 bits per heavy atom. The van der Waals surface area contributed by atoms with E-state index in [1.54, 1.807) is 0 Å². The highest BCUT2D eigenvalue weighted by Gasteiger charge is 2.53. The number of nitrogens with two attached hydrogens (primary N) is 1. The molecular weight excluding hydrogens is 158 g/mol. The van der Waals surface area contributed by atoms with Gasteiger partial charge < -0.3 is 5.73 Å². The van der Waals surface area contributed by atoms with Crippen LogP contribution >= 0.6 is 0 Å². The second kappa shape index (κ2) is 2.38. The van der Waals surface area contributed by atoms with Crippen LogP contribution in [0.1, 0.15) is 40.5 Å². The molecule has 1 saturated carbocycles. The Morgan fingerprint density at radius 2 is 2.08 bits per heavy atom. The molecule has 3 rings (SSSR count). The summed E-state index contributed by atoms with van der Waals surface area (Å²) in [7, 11) is 0. The van der Waals surface area contributed by atoms with Crippen molar-refractivity contribution in [3.05, 3.63) is 11.6 Å². The van der Waals surface area contributed by atoms with Crippen molar-refractivity contribution >= 4 is 0 Å². The SMILES string of the molecule is CC(C)(N)C1=CCC2CC1C2(C)C. The first-order valence-electron chi connectivity index (χ1n) is 5.33. The van der Waals surface area contributed by atoms with E-state index < -0.39 is 0 Å². The third-order valence-corrected chi connectivity index (χ3v) is 4.21. The number of hydrogen-bond donors (Lipinski definition) is 1. The smallest absolute Gasteiger partial charge is 0.0314 e. The third-order valence-electron chi connectivity index (χ3n) is 4.21. The molecular formula is C12H21N. The first-order valence-corrected chi connectivity index (χ1v) is 5.33. The van der Waals surface area contributed by atoms with Crippen LogP contribution in [0.3, 0.4) is 0 Å². The first-order chi connectivity index (χ1) is 5.83. The number of rotatable bonds is 1. The predicted molar refractivity (Wildman–Crippen MR) is 56.3 cm³/mol. The van der Waals surface area contributed by atoms with Gasteiger partial charge in [-0.1, -0.05) is 25.5 Å². The van der Waals surface area contributed by atoms with Gasteiger partial charge in [-0.25, -0.2) is 0 Å². The average Bonchev–Trinajstić information content (AvgIpc) is 2.02. The standard InChI is InChI=1S/C12H21N/c1-11(2)8-5-6-9(10(11)7-8)12(3,4)13/h6,8,10H,5,7,13H2,1-4H3. The van der Waals surface area contributed by atoms with E-state index in [1.165, 1.54) is 18.4 Å². The van der Waals surface area contributed by atoms with E-state index in [0.717, 1.165) is 11.8 Å². The molecule has 3 aliphatic carbocycles. The summed E-state index contributed by atoms with van der Waals surface area (Å²) in [5.74, 6) is 1.68. The summed E-state index contributed by atoms with van der Waals surface area (Å²) in [5, 5.41) is 0. The fourth-order valence-electron chi connectivity index (χ4n) is 3.07. The van der Waals surface area contributed by atoms with Gasteiger partial charge in [0.2, 0.25) is 0 Å². The van der Waals surface area contributed by atoms with Crippen LogP contribution in [0.15, 0.2) is 11.6 Å². The van der Waals surface area contributed by atoms with Gasteiger partial charge in [-0.2, -0.15) is 0 Å². The average molecular weight is 179 g/mol. The van der Waals surface area contributed by atoms with E-state index in [0.29, 0.717) is 5.41 Å². The Morgan fingerprint density at radius 3 is 2.38 bits per heavy atom. The van der Waals surface area contributed by atoms with Gasteiger partial charge in [-0.15, -0.1) is 0 Å². The van der Waals surface area contributed by atoms with Gasteiger partial charge in [0.05, 0.1) is 0 Å². The van der Waals surface area contributed by atoms with Crippen LogP contribution in [0, 0.1) is 17.3 Å². The third kappa shape index (κ3) is 1.17. The molecule has 1 nitrogen and oxygen atoms in total. The van der Waals surface area contributed by atoms with E-state index in [2.05, 4.69) is 33.8 Å². The highest BCUT2D eigenvalue weighted by molar-refractivity contribution is 5.30. The Hall–Kier alpha value is -0.300. The molecule has 0 saturated heterocycles. The molecule has 1 heteroatoms. The van der Waals surface area contributed by atoms with Crippen LogP contribution < -0.4 is 5.73 Å². The topological polar surface area (TPSA) is 26.0 Å². The Labute approximate surface area is 81.4 Å². The van der Waals surface area contributed by atoms with E-state index >= 15 is 0 Å². The summed E-state index contributed by atoms with van der Waals surface area (Å²) in [6.07, 6.45) is 5.02. The molecule has 0 amide bonds. The molecule has 2 atom stereocenters. The van der Waals surface area contributed by atoms with E-state index in [9.17, 15) is 0 Å². The molecule has 2 bridgehead atoms. The zero-order valence-electron chi connectivity index (χ0n) is 9.22. The minimum Gasteiger partial charge on any atom is -0.322 e. The van der Waals surface area contributed by atoms with E-state index in [4.69, 9.17) is 5.73 Å². The maximum Gasteiger partial charge on any atom is 0.0314 e. The fraction of sp³-hybridized carbons (Fsp3) is 0.833. The molecule has 0 aromatic rings. The van der Waals surface area contributed by atoms with Gasteiger partial charge in [0.25, 0.3) is 0 Å². The van der Waals surface area contributed by atoms with Crippen LogP contribution in [0.2, 0.25) is 0 Å². The zero-order valence-corrected chi connectivity index (χ0v) is 9.22. The minimum atomic E-state index is -0.104. The fourth-order valence-corrected chi connectivity index (χ4v) is 3.07. The summed E-state index contributed by atoms with van der Waals surface area (Å²) in [4.78, 5) is 0. The van der Waals surface area contributed by atoms with Crippen LogP contribution in [0.25, 0.3) is 0 Å². The van der Waals surface area contributed by atoms with E-state index in [-0.39, 0.29) is 5.54 Å². The molecule has 2 N–H and O–H groups in total. The molecule has 0 aromatic heterocycles. The van der Waals surface area contributed by atoms with Crippen molar-refractivity contribution < 1.29 is 0 Å². The number of fused-ring (bicyclic) bond motifs is 1. The molecule has 2 unspecified atom stereocenters. The lowest BCUT2D eigenvalue weighted by molar-refractivity contribution is -0.0133. The lowest BCUT2D eigenvalue weighted by Gasteiger charge is -2.58. The van der Waals surface area contributed by atoms with Gasteiger partial charge in [0.1, 0.15) is 0 Å². The van der Waals surface area contributed by atoms with Crippen molar-refractivity contribution in [2.24, 2.45) is 23.0 Å². The molecule has 0 spiro atoms. The summed E-state index contributed by atoms with van der Waals surface area (Å²) < 4.78 is 0. The Balaban J connectivity index is 2.29. The first kappa shape index (κ1) is 9.26. The second-order valence-electron chi connectivity index (χ2n) is 5.92. The van der Waals surface area contributed by atoms with Crippen molar-refractivity contribution in [2.45, 2.75) is 46.1 Å². The quantitative estimate of drug-likeness (QED) is 0.615. The van der Waals surface area contributed by atoms with E-state index in [1.807, 2.05) is 0 Å². The van der Waals surface area contributed by atoms with Gasteiger partial charge in [-0.05, 0) is 43.9 Å². The largest absolute Gasteiger partial charge is 0.322 e. The van der Waals surface area contributed by atoms with Gasteiger partial charge in [0.15, 0.2) is 0 Å². The molecule has 0 radical (unpaired) electrons. The molecule has 3 aliphatic rings. The number of allylic oxidation sites excluding steroid dienone is 1. The second-order valence-corrected chi connectivity index (χ2v) is 5.92. The van der Waals surface area contributed by atoms with Crippen LogP contribution in [0.4, 0.5) is 0 Å². The maximum absolute atomic E-state index is 6.18. The van der Waals surface area contributed by atoms with Crippen molar-refractivity contribution in [1.82, 2.24) is 0 Å². The van der Waals surface area contributed by atoms with Crippen molar-refractivity contribution in [2.75, 3.05) is 0 Å². The molecule has 1 fully saturated rings. The lowest BCUT2D eigenvalue weighted by atomic mass is 9.47. The molecule has 0 aliphatic heterocycles. The van der Waals surface area contributed by atoms with Crippen molar-refractivity contribution in [3.8, 4) is 0 Å². The molecule has 13 heavy (non-hydrogen) atoms. The van der Waals surface area contributed by atoms with Crippen LogP contribution in [-0.4, -0.2) is 5.54 Å².